The van der Waals surface area contributed by atoms with Crippen LogP contribution in [0.1, 0.15) is 11.1 Å². The fourth-order valence-corrected chi connectivity index (χ4v) is 2.85. The number of nitrogens with two attached hydrogens (primary N) is 1. The molecule has 0 saturated heterocycles. The predicted octanol–water partition coefficient (Wildman–Crippen LogP) is 0.638. The van der Waals surface area contributed by atoms with Crippen LogP contribution in [0.25, 0.3) is 0 Å². The summed E-state index contributed by atoms with van der Waals surface area (Å²) in [5, 5.41) is 7.00. The number of benzene rings is 1. The first kappa shape index (κ1) is 14.6. The van der Waals surface area contributed by atoms with Gasteiger partial charge < -0.3 is 11.1 Å². The van der Waals surface area contributed by atoms with E-state index in [-0.39, 0.29) is 12.5 Å². The number of carbonyl (C=O) groups is 1. The van der Waals surface area contributed by atoms with Gasteiger partial charge in [-0.3, -0.25) is 14.4 Å². The maximum Gasteiger partial charge on any atom is 0.241 e. The van der Waals surface area contributed by atoms with E-state index < -0.39 is 0 Å². The molecular weight excluding hydrogens is 278 g/mol. The highest BCUT2D eigenvalue weighted by molar-refractivity contribution is 5.75. The molecule has 3 N–H and O–H groups in total. The Morgan fingerprint density at radius 3 is 2.91 bits per heavy atom. The first-order valence-electron chi connectivity index (χ1n) is 7.43. The molecule has 2 aromatic rings. The molecule has 0 aliphatic carbocycles. The lowest BCUT2D eigenvalue weighted by atomic mass is 9.94. The highest BCUT2D eigenvalue weighted by Crippen LogP contribution is 2.21. The number of likely N-dealkylation sites (N-methyl/N-ethyl adjacent to an activating group) is 1. The number of hydrogen-bond donors (Lipinski definition) is 2. The van der Waals surface area contributed by atoms with Crippen molar-refractivity contribution in [3.63, 3.8) is 0 Å². The quantitative estimate of drug-likeness (QED) is 0.868. The smallest absolute Gasteiger partial charge is 0.241 e. The van der Waals surface area contributed by atoms with E-state index in [0.29, 0.717) is 18.3 Å². The average molecular weight is 299 g/mol. The maximum absolute atomic E-state index is 12.0. The van der Waals surface area contributed by atoms with Crippen molar-refractivity contribution in [3.05, 3.63) is 47.8 Å². The molecule has 3 rings (SSSR count). The number of anilines is 1. The average Bonchev–Trinajstić information content (AvgIpc) is 2.90. The molecular formula is C16H21N5O. The number of carbonyl (C=O) groups excluding carboxylic acids is 1. The molecule has 6 nitrogen and oxygen atoms in total. The molecule has 0 saturated carbocycles. The number of nitrogen functional groups attached to an aromatic ring is 1. The summed E-state index contributed by atoms with van der Waals surface area (Å²) < 4.78 is 1.55. The van der Waals surface area contributed by atoms with Gasteiger partial charge in [0.25, 0.3) is 0 Å². The van der Waals surface area contributed by atoms with Crippen LogP contribution in [0.3, 0.4) is 0 Å². The third-order valence-electron chi connectivity index (χ3n) is 4.11. The number of hydrogen-bond acceptors (Lipinski definition) is 4. The Hall–Kier alpha value is -2.34. The van der Waals surface area contributed by atoms with Crippen LogP contribution in [0.15, 0.2) is 36.7 Å². The van der Waals surface area contributed by atoms with Crippen LogP contribution >= 0.6 is 0 Å². The molecule has 2 heterocycles. The van der Waals surface area contributed by atoms with Crippen LogP contribution in [0, 0.1) is 0 Å². The molecule has 1 aliphatic heterocycles. The molecule has 1 atom stereocenters. The largest absolute Gasteiger partial charge is 0.396 e. The number of amides is 1. The van der Waals surface area contributed by atoms with E-state index in [0.717, 1.165) is 13.0 Å². The van der Waals surface area contributed by atoms with Crippen molar-refractivity contribution in [2.75, 3.05) is 19.3 Å². The SMILES string of the molecule is CN1Cc2ccccc2C[C@H]1CNC(=O)Cn1cc(N)cn1. The summed E-state index contributed by atoms with van der Waals surface area (Å²) in [6, 6.07) is 8.81. The Labute approximate surface area is 129 Å². The topological polar surface area (TPSA) is 76.2 Å². The van der Waals surface area contributed by atoms with Crippen LogP contribution in [0.4, 0.5) is 5.69 Å². The Balaban J connectivity index is 1.54. The van der Waals surface area contributed by atoms with Crippen molar-refractivity contribution in [3.8, 4) is 0 Å². The summed E-state index contributed by atoms with van der Waals surface area (Å²) in [7, 11) is 2.10. The summed E-state index contributed by atoms with van der Waals surface area (Å²) in [4.78, 5) is 14.3. The molecule has 6 heteroatoms. The molecule has 0 spiro atoms. The van der Waals surface area contributed by atoms with E-state index in [1.807, 2.05) is 0 Å². The lowest BCUT2D eigenvalue weighted by molar-refractivity contribution is -0.122. The van der Waals surface area contributed by atoms with E-state index in [2.05, 4.69) is 46.6 Å². The van der Waals surface area contributed by atoms with Crippen molar-refractivity contribution in [2.24, 2.45) is 0 Å². The zero-order valence-electron chi connectivity index (χ0n) is 12.7. The van der Waals surface area contributed by atoms with Crippen molar-refractivity contribution in [1.29, 1.82) is 0 Å². The fourth-order valence-electron chi connectivity index (χ4n) is 2.85. The highest BCUT2D eigenvalue weighted by atomic mass is 16.2. The van der Waals surface area contributed by atoms with E-state index in [9.17, 15) is 4.79 Å². The van der Waals surface area contributed by atoms with Gasteiger partial charge in [-0.25, -0.2) is 0 Å². The third kappa shape index (κ3) is 3.28. The van der Waals surface area contributed by atoms with Gasteiger partial charge in [-0.1, -0.05) is 24.3 Å². The van der Waals surface area contributed by atoms with E-state index in [4.69, 9.17) is 5.73 Å². The van der Waals surface area contributed by atoms with Gasteiger partial charge in [-0.05, 0) is 24.6 Å². The van der Waals surface area contributed by atoms with Gasteiger partial charge in [0.2, 0.25) is 5.91 Å². The summed E-state index contributed by atoms with van der Waals surface area (Å²) in [6.07, 6.45) is 4.16. The summed E-state index contributed by atoms with van der Waals surface area (Å²) in [5.74, 6) is -0.0460. The van der Waals surface area contributed by atoms with Crippen molar-refractivity contribution in [1.82, 2.24) is 20.0 Å². The molecule has 0 bridgehead atoms. The van der Waals surface area contributed by atoms with E-state index >= 15 is 0 Å². The second-order valence-electron chi connectivity index (χ2n) is 5.82. The van der Waals surface area contributed by atoms with Crippen LogP contribution in [0.2, 0.25) is 0 Å². The fraction of sp³-hybridized carbons (Fsp3) is 0.375. The minimum absolute atomic E-state index is 0.0460. The molecule has 1 aromatic heterocycles. The van der Waals surface area contributed by atoms with Crippen molar-refractivity contribution < 1.29 is 4.79 Å². The molecule has 0 radical (unpaired) electrons. The maximum atomic E-state index is 12.0. The van der Waals surface area contributed by atoms with Gasteiger partial charge in [0.15, 0.2) is 0 Å². The van der Waals surface area contributed by atoms with Crippen LogP contribution < -0.4 is 11.1 Å². The molecule has 0 unspecified atom stereocenters. The van der Waals surface area contributed by atoms with Gasteiger partial charge in [-0.2, -0.15) is 5.10 Å². The van der Waals surface area contributed by atoms with Crippen LogP contribution in [-0.2, 0) is 24.3 Å². The molecule has 1 aliphatic rings. The standard InChI is InChI=1S/C16H21N5O/c1-20-9-13-5-3-2-4-12(13)6-15(20)8-18-16(22)11-21-10-14(17)7-19-21/h2-5,7,10,15H,6,8-9,11,17H2,1H3,(H,18,22)/t15-/m0/s1. The minimum Gasteiger partial charge on any atom is -0.396 e. The molecule has 116 valence electrons. The zero-order valence-corrected chi connectivity index (χ0v) is 12.7. The van der Waals surface area contributed by atoms with Crippen LogP contribution in [-0.4, -0.2) is 40.2 Å². The Kier molecular flexibility index (Phi) is 4.11. The lowest BCUT2D eigenvalue weighted by Crippen LogP contribution is -2.46. The normalized spacial score (nSPS) is 18.0. The van der Waals surface area contributed by atoms with Crippen LogP contribution in [0.5, 0.6) is 0 Å². The summed E-state index contributed by atoms with van der Waals surface area (Å²) >= 11 is 0. The van der Waals surface area contributed by atoms with Gasteiger partial charge in [0.1, 0.15) is 6.54 Å². The summed E-state index contributed by atoms with van der Waals surface area (Å²) in [5.41, 5.74) is 8.90. The third-order valence-corrected chi connectivity index (χ3v) is 4.11. The van der Waals surface area contributed by atoms with Crippen molar-refractivity contribution >= 4 is 11.6 Å². The number of fused-ring (bicyclic) bond motifs is 1. The first-order chi connectivity index (χ1) is 10.6. The Bertz CT molecular complexity index is 666. The second-order valence-corrected chi connectivity index (χ2v) is 5.82. The second kappa shape index (κ2) is 6.19. The van der Waals surface area contributed by atoms with E-state index in [1.54, 1.807) is 17.1 Å². The number of nitrogens with one attached hydrogen (secondary N) is 1. The van der Waals surface area contributed by atoms with Gasteiger partial charge in [0, 0.05) is 25.3 Å². The number of aromatic nitrogens is 2. The Morgan fingerprint density at radius 1 is 1.41 bits per heavy atom. The van der Waals surface area contributed by atoms with Gasteiger partial charge in [0.05, 0.1) is 11.9 Å². The van der Waals surface area contributed by atoms with E-state index in [1.165, 1.54) is 11.1 Å². The number of rotatable bonds is 4. The predicted molar refractivity (Wildman–Crippen MR) is 85.1 cm³/mol. The van der Waals surface area contributed by atoms with Gasteiger partial charge >= 0.3 is 0 Å². The molecule has 0 fully saturated rings. The highest BCUT2D eigenvalue weighted by Gasteiger charge is 2.23. The van der Waals surface area contributed by atoms with Crippen molar-refractivity contribution in [2.45, 2.75) is 25.6 Å². The lowest BCUT2D eigenvalue weighted by Gasteiger charge is -2.34. The number of nitrogens with zero attached hydrogens (tertiary/aromatic N) is 3. The summed E-state index contributed by atoms with van der Waals surface area (Å²) in [6.45, 7) is 1.76. The molecule has 1 amide bonds. The van der Waals surface area contributed by atoms with Gasteiger partial charge in [-0.15, -0.1) is 0 Å². The molecule has 22 heavy (non-hydrogen) atoms. The molecule has 1 aromatic carbocycles. The zero-order chi connectivity index (χ0) is 15.5. The monoisotopic (exact) mass is 299 g/mol. The first-order valence-corrected chi connectivity index (χ1v) is 7.43. The minimum atomic E-state index is -0.0460. The Morgan fingerprint density at radius 2 is 2.18 bits per heavy atom.